The third kappa shape index (κ3) is 4.12. The second-order valence-electron chi connectivity index (χ2n) is 4.90. The maximum absolute atomic E-state index is 12.8. The molecule has 122 valence electrons. The fourth-order valence-corrected chi connectivity index (χ4v) is 3.84. The minimum Gasteiger partial charge on any atom is -0.374 e. The lowest BCUT2D eigenvalue weighted by Crippen LogP contribution is -2.26. The zero-order valence-electron chi connectivity index (χ0n) is 12.8. The van der Waals surface area contributed by atoms with E-state index in [0.717, 1.165) is 15.7 Å². The van der Waals surface area contributed by atoms with Crippen molar-refractivity contribution >= 4 is 45.5 Å². The summed E-state index contributed by atoms with van der Waals surface area (Å²) in [7, 11) is 0. The molecule has 1 aromatic heterocycles. The van der Waals surface area contributed by atoms with Crippen LogP contribution in [-0.4, -0.2) is 21.9 Å². The van der Waals surface area contributed by atoms with Crippen LogP contribution in [0.2, 0.25) is 0 Å². The first-order valence-corrected chi connectivity index (χ1v) is 9.19. The van der Waals surface area contributed by atoms with Crippen LogP contribution in [0.4, 0.5) is 16.5 Å². The van der Waals surface area contributed by atoms with E-state index in [1.54, 1.807) is 4.90 Å². The van der Waals surface area contributed by atoms with Crippen molar-refractivity contribution in [1.82, 2.24) is 10.2 Å². The Bertz CT molecular complexity index is 753. The minimum atomic E-state index is 0.0392. The number of carbonyl (C=O) groups excluding carboxylic acids is 1. The van der Waals surface area contributed by atoms with Crippen molar-refractivity contribution in [3.05, 3.63) is 60.7 Å². The molecule has 0 atom stereocenters. The molecule has 0 saturated heterocycles. The first-order chi connectivity index (χ1) is 11.7. The van der Waals surface area contributed by atoms with Gasteiger partial charge in [-0.05, 0) is 24.3 Å². The number of thioether (sulfide) groups is 1. The number of hydrogen-bond donors (Lipinski definition) is 1. The highest BCUT2D eigenvalue weighted by atomic mass is 32.2. The van der Waals surface area contributed by atoms with Crippen molar-refractivity contribution in [2.24, 2.45) is 0 Å². The lowest BCUT2D eigenvalue weighted by Gasteiger charge is -2.23. The van der Waals surface area contributed by atoms with E-state index in [4.69, 9.17) is 5.73 Å². The van der Waals surface area contributed by atoms with Gasteiger partial charge in [0.05, 0.1) is 0 Å². The van der Waals surface area contributed by atoms with Crippen molar-refractivity contribution in [2.45, 2.75) is 10.8 Å². The molecule has 0 saturated carbocycles. The summed E-state index contributed by atoms with van der Waals surface area (Å²) in [6.45, 7) is 0. The van der Waals surface area contributed by atoms with E-state index < -0.39 is 0 Å². The van der Waals surface area contributed by atoms with Gasteiger partial charge in [-0.2, -0.15) is 0 Å². The topological polar surface area (TPSA) is 72.1 Å². The maximum atomic E-state index is 12.8. The highest BCUT2D eigenvalue weighted by molar-refractivity contribution is 8.01. The normalized spacial score (nSPS) is 10.5. The van der Waals surface area contributed by atoms with Gasteiger partial charge < -0.3 is 5.73 Å². The third-order valence-electron chi connectivity index (χ3n) is 3.24. The molecular formula is C17H16N4OS2. The Labute approximate surface area is 148 Å². The molecule has 2 N–H and O–H groups in total. The molecule has 3 aromatic rings. The second-order valence-corrected chi connectivity index (χ2v) is 7.26. The van der Waals surface area contributed by atoms with E-state index in [0.29, 0.717) is 17.3 Å². The molecule has 0 spiro atoms. The van der Waals surface area contributed by atoms with Gasteiger partial charge in [-0.1, -0.05) is 59.5 Å². The summed E-state index contributed by atoms with van der Waals surface area (Å²) in [5.74, 6) is 0.668. The molecule has 0 radical (unpaired) electrons. The number of carbonyl (C=O) groups is 1. The summed E-state index contributed by atoms with van der Waals surface area (Å²) in [6.07, 6.45) is 0.397. The fourth-order valence-electron chi connectivity index (χ4n) is 2.21. The van der Waals surface area contributed by atoms with Crippen LogP contribution in [0.15, 0.2) is 65.0 Å². The van der Waals surface area contributed by atoms with Crippen molar-refractivity contribution in [3.8, 4) is 0 Å². The quantitative estimate of drug-likeness (QED) is 0.677. The Balaban J connectivity index is 1.72. The van der Waals surface area contributed by atoms with Crippen LogP contribution in [0.5, 0.6) is 0 Å². The molecule has 7 heteroatoms. The predicted octanol–water partition coefficient (Wildman–Crippen LogP) is 3.97. The summed E-state index contributed by atoms with van der Waals surface area (Å²) in [6, 6.07) is 19.3. The Morgan fingerprint density at radius 2 is 1.58 bits per heavy atom. The molecular weight excluding hydrogens is 340 g/mol. The molecule has 0 unspecified atom stereocenters. The van der Waals surface area contributed by atoms with Gasteiger partial charge >= 0.3 is 0 Å². The van der Waals surface area contributed by atoms with Crippen molar-refractivity contribution in [2.75, 3.05) is 16.4 Å². The largest absolute Gasteiger partial charge is 0.374 e. The van der Waals surface area contributed by atoms with Gasteiger partial charge in [-0.25, -0.2) is 0 Å². The zero-order chi connectivity index (χ0) is 16.8. The van der Waals surface area contributed by atoms with Gasteiger partial charge in [0.2, 0.25) is 11.0 Å². The molecule has 3 rings (SSSR count). The summed E-state index contributed by atoms with van der Waals surface area (Å²) < 4.78 is 0.784. The predicted molar refractivity (Wildman–Crippen MR) is 99.7 cm³/mol. The number of nitrogens with two attached hydrogens (primary N) is 1. The smallest absolute Gasteiger partial charge is 0.232 e. The summed E-state index contributed by atoms with van der Waals surface area (Å²) in [4.78, 5) is 14.5. The maximum Gasteiger partial charge on any atom is 0.232 e. The highest BCUT2D eigenvalue weighted by Crippen LogP contribution is 2.28. The Morgan fingerprint density at radius 3 is 2.08 bits per heavy atom. The molecule has 2 aromatic carbocycles. The van der Waals surface area contributed by atoms with E-state index in [1.807, 2.05) is 60.7 Å². The summed E-state index contributed by atoms with van der Waals surface area (Å²) >= 11 is 2.83. The Morgan fingerprint density at radius 1 is 1.00 bits per heavy atom. The number of nitrogen functional groups attached to an aromatic ring is 1. The van der Waals surface area contributed by atoms with Gasteiger partial charge in [0.25, 0.3) is 0 Å². The van der Waals surface area contributed by atoms with Crippen LogP contribution in [0.3, 0.4) is 0 Å². The van der Waals surface area contributed by atoms with E-state index in [2.05, 4.69) is 10.2 Å². The Kier molecular flexibility index (Phi) is 5.45. The van der Waals surface area contributed by atoms with Crippen LogP contribution in [0.25, 0.3) is 0 Å². The molecule has 0 bridgehead atoms. The monoisotopic (exact) mass is 356 g/mol. The zero-order valence-corrected chi connectivity index (χ0v) is 14.5. The average Bonchev–Trinajstić information content (AvgIpc) is 3.02. The van der Waals surface area contributed by atoms with Gasteiger partial charge in [-0.3, -0.25) is 9.69 Å². The molecule has 0 aliphatic carbocycles. The van der Waals surface area contributed by atoms with Crippen molar-refractivity contribution in [1.29, 1.82) is 0 Å². The van der Waals surface area contributed by atoms with Crippen LogP contribution in [0.1, 0.15) is 6.42 Å². The van der Waals surface area contributed by atoms with Gasteiger partial charge in [-0.15, -0.1) is 10.2 Å². The second kappa shape index (κ2) is 7.94. The van der Waals surface area contributed by atoms with Gasteiger partial charge in [0.1, 0.15) is 0 Å². The molecule has 0 aliphatic rings. The fraction of sp³-hybridized carbons (Fsp3) is 0.118. The number of para-hydroxylation sites is 2. The van der Waals surface area contributed by atoms with Gasteiger partial charge in [0, 0.05) is 23.5 Å². The number of amides is 1. The van der Waals surface area contributed by atoms with Crippen LogP contribution in [0, 0.1) is 0 Å². The first-order valence-electron chi connectivity index (χ1n) is 7.39. The number of hydrogen-bond acceptors (Lipinski definition) is 6. The molecule has 24 heavy (non-hydrogen) atoms. The molecule has 1 heterocycles. The number of nitrogens with zero attached hydrogens (tertiary/aromatic N) is 3. The van der Waals surface area contributed by atoms with Crippen LogP contribution in [-0.2, 0) is 4.79 Å². The standard InChI is InChI=1S/C17H16N4OS2/c18-16-19-20-17(24-16)23-12-11-15(22)21(13-7-3-1-4-8-13)14-9-5-2-6-10-14/h1-10H,11-12H2,(H2,18,19). The van der Waals surface area contributed by atoms with Crippen molar-refractivity contribution < 1.29 is 4.79 Å². The van der Waals surface area contributed by atoms with Gasteiger partial charge in [0.15, 0.2) is 4.34 Å². The molecule has 0 fully saturated rings. The number of anilines is 3. The lowest BCUT2D eigenvalue weighted by atomic mass is 10.2. The molecule has 5 nitrogen and oxygen atoms in total. The van der Waals surface area contributed by atoms with Crippen LogP contribution >= 0.6 is 23.1 Å². The number of aromatic nitrogens is 2. The summed E-state index contributed by atoms with van der Waals surface area (Å²) in [5.41, 5.74) is 7.29. The summed E-state index contributed by atoms with van der Waals surface area (Å²) in [5, 5.41) is 8.17. The van der Waals surface area contributed by atoms with E-state index in [1.165, 1.54) is 23.1 Å². The highest BCUT2D eigenvalue weighted by Gasteiger charge is 2.17. The van der Waals surface area contributed by atoms with Crippen molar-refractivity contribution in [3.63, 3.8) is 0 Å². The first kappa shape index (κ1) is 16.5. The van der Waals surface area contributed by atoms with E-state index >= 15 is 0 Å². The number of benzene rings is 2. The third-order valence-corrected chi connectivity index (χ3v) is 5.13. The Hall–Kier alpha value is -2.38. The number of rotatable bonds is 6. The van der Waals surface area contributed by atoms with E-state index in [-0.39, 0.29) is 5.91 Å². The molecule has 1 amide bonds. The van der Waals surface area contributed by atoms with Crippen LogP contribution < -0.4 is 10.6 Å². The average molecular weight is 356 g/mol. The minimum absolute atomic E-state index is 0.0392. The molecule has 0 aliphatic heterocycles. The lowest BCUT2D eigenvalue weighted by molar-refractivity contribution is -0.117. The SMILES string of the molecule is Nc1nnc(SCCC(=O)N(c2ccccc2)c2ccccc2)s1. The van der Waals surface area contributed by atoms with E-state index in [9.17, 15) is 4.79 Å².